The fraction of sp³-hybridized carbons (Fsp3) is 0.647. The lowest BCUT2D eigenvalue weighted by Gasteiger charge is -2.26. The summed E-state index contributed by atoms with van der Waals surface area (Å²) in [7, 11) is 2.20. The van der Waals surface area contributed by atoms with Crippen LogP contribution in [0.2, 0.25) is 0 Å². The molecule has 1 aromatic carbocycles. The molecule has 0 heterocycles. The third-order valence-electron chi connectivity index (χ3n) is 4.41. The predicted octanol–water partition coefficient (Wildman–Crippen LogP) is 3.04. The van der Waals surface area contributed by atoms with E-state index in [1.165, 1.54) is 19.3 Å². The molecular weight excluding hydrogens is 232 g/mol. The van der Waals surface area contributed by atoms with E-state index < -0.39 is 0 Å². The van der Waals surface area contributed by atoms with Crippen LogP contribution < -0.4 is 5.32 Å². The number of rotatable bonds is 6. The highest BCUT2D eigenvalue weighted by Gasteiger charge is 2.18. The summed E-state index contributed by atoms with van der Waals surface area (Å²) < 4.78 is 0. The van der Waals surface area contributed by atoms with E-state index in [2.05, 4.69) is 55.4 Å². The molecule has 2 nitrogen and oxygen atoms in total. The van der Waals surface area contributed by atoms with Gasteiger partial charge >= 0.3 is 0 Å². The summed E-state index contributed by atoms with van der Waals surface area (Å²) in [6.45, 7) is 7.84. The van der Waals surface area contributed by atoms with Crippen molar-refractivity contribution in [3.8, 4) is 0 Å². The van der Waals surface area contributed by atoms with Gasteiger partial charge in [0.25, 0.3) is 0 Å². The fourth-order valence-corrected chi connectivity index (χ4v) is 2.86. The second kappa shape index (κ2) is 7.06. The Morgan fingerprint density at radius 2 is 2.11 bits per heavy atom. The molecule has 0 aromatic heterocycles. The van der Waals surface area contributed by atoms with E-state index in [1.54, 1.807) is 11.1 Å². The number of nitrogens with one attached hydrogen (secondary N) is 1. The second-order valence-electron chi connectivity index (χ2n) is 6.07. The van der Waals surface area contributed by atoms with Gasteiger partial charge in [-0.15, -0.1) is 0 Å². The zero-order valence-electron chi connectivity index (χ0n) is 12.7. The predicted molar refractivity (Wildman–Crippen MR) is 82.8 cm³/mol. The Kier molecular flexibility index (Phi) is 5.41. The van der Waals surface area contributed by atoms with Crippen molar-refractivity contribution in [2.75, 3.05) is 26.7 Å². The van der Waals surface area contributed by atoms with Crippen molar-refractivity contribution in [2.24, 2.45) is 0 Å². The Balaban J connectivity index is 1.78. The highest BCUT2D eigenvalue weighted by Crippen LogP contribution is 2.30. The number of hydrogen-bond donors (Lipinski definition) is 1. The number of aryl methyl sites for hydroxylation is 1. The number of fused-ring (bicyclic) bond motifs is 1. The summed E-state index contributed by atoms with van der Waals surface area (Å²) in [6, 6.07) is 9.61. The van der Waals surface area contributed by atoms with Gasteiger partial charge in [0.2, 0.25) is 0 Å². The molecule has 0 radical (unpaired) electrons. The maximum Gasteiger partial charge on any atom is 0.0106 e. The van der Waals surface area contributed by atoms with E-state index >= 15 is 0 Å². The van der Waals surface area contributed by atoms with Crippen molar-refractivity contribution in [3.05, 3.63) is 35.4 Å². The Labute approximate surface area is 118 Å². The molecule has 1 aromatic rings. The molecular formula is C17H28N2. The quantitative estimate of drug-likeness (QED) is 0.791. The van der Waals surface area contributed by atoms with Crippen LogP contribution >= 0.6 is 0 Å². The number of hydrogen-bond acceptors (Lipinski definition) is 2. The van der Waals surface area contributed by atoms with Gasteiger partial charge in [-0.05, 0) is 57.2 Å². The van der Waals surface area contributed by atoms with Crippen molar-refractivity contribution < 1.29 is 0 Å². The summed E-state index contributed by atoms with van der Waals surface area (Å²) in [5.41, 5.74) is 3.15. The lowest BCUT2D eigenvalue weighted by atomic mass is 9.83. The third kappa shape index (κ3) is 4.05. The number of likely N-dealkylation sites (N-methyl/N-ethyl adjacent to an activating group) is 1. The van der Waals surface area contributed by atoms with Crippen molar-refractivity contribution >= 4 is 0 Å². The Hall–Kier alpha value is -0.860. The van der Waals surface area contributed by atoms with E-state index in [1.807, 2.05) is 0 Å². The van der Waals surface area contributed by atoms with E-state index in [0.29, 0.717) is 12.0 Å². The Bertz CT molecular complexity index is 387. The average Bonchev–Trinajstić information content (AvgIpc) is 2.43. The molecule has 2 rings (SSSR count). The van der Waals surface area contributed by atoms with Crippen LogP contribution in [-0.2, 0) is 6.42 Å². The smallest absolute Gasteiger partial charge is 0.0106 e. The molecule has 0 aliphatic heterocycles. The van der Waals surface area contributed by atoms with Crippen molar-refractivity contribution in [1.82, 2.24) is 10.2 Å². The van der Waals surface area contributed by atoms with Crippen molar-refractivity contribution in [2.45, 2.75) is 45.1 Å². The van der Waals surface area contributed by atoms with Gasteiger partial charge in [0.1, 0.15) is 0 Å². The first kappa shape index (κ1) is 14.5. The number of benzene rings is 1. The van der Waals surface area contributed by atoms with E-state index in [9.17, 15) is 0 Å². The van der Waals surface area contributed by atoms with Gasteiger partial charge in [0.05, 0.1) is 0 Å². The van der Waals surface area contributed by atoms with E-state index in [-0.39, 0.29) is 0 Å². The first-order valence-corrected chi connectivity index (χ1v) is 7.67. The summed E-state index contributed by atoms with van der Waals surface area (Å²) >= 11 is 0. The van der Waals surface area contributed by atoms with Crippen molar-refractivity contribution in [3.63, 3.8) is 0 Å². The normalized spacial score (nSPS) is 18.9. The molecule has 0 fully saturated rings. The highest BCUT2D eigenvalue weighted by molar-refractivity contribution is 5.32. The molecule has 0 spiro atoms. The number of nitrogens with zero attached hydrogens (tertiary/aromatic N) is 1. The molecule has 1 aliphatic carbocycles. The monoisotopic (exact) mass is 260 g/mol. The highest BCUT2D eigenvalue weighted by atomic mass is 15.1. The Morgan fingerprint density at radius 3 is 2.89 bits per heavy atom. The maximum atomic E-state index is 3.64. The second-order valence-corrected chi connectivity index (χ2v) is 6.07. The molecule has 0 saturated carbocycles. The van der Waals surface area contributed by atoms with Gasteiger partial charge in [-0.2, -0.15) is 0 Å². The summed E-state index contributed by atoms with van der Waals surface area (Å²) in [5.74, 6) is 0.717. The van der Waals surface area contributed by atoms with Gasteiger partial charge in [-0.3, -0.25) is 0 Å². The molecule has 1 unspecified atom stereocenters. The first-order valence-electron chi connectivity index (χ1n) is 7.67. The molecule has 1 N–H and O–H groups in total. The Morgan fingerprint density at radius 1 is 1.32 bits per heavy atom. The minimum atomic E-state index is 0.636. The summed E-state index contributed by atoms with van der Waals surface area (Å²) in [5, 5.41) is 3.64. The maximum absolute atomic E-state index is 3.64. The summed E-state index contributed by atoms with van der Waals surface area (Å²) in [6.07, 6.45) is 3.95. The lowest BCUT2D eigenvalue weighted by molar-refractivity contribution is 0.272. The average molecular weight is 260 g/mol. The van der Waals surface area contributed by atoms with Crippen LogP contribution in [0.3, 0.4) is 0 Å². The van der Waals surface area contributed by atoms with Gasteiger partial charge in [-0.25, -0.2) is 0 Å². The van der Waals surface area contributed by atoms with E-state index in [0.717, 1.165) is 19.6 Å². The molecule has 19 heavy (non-hydrogen) atoms. The minimum Gasteiger partial charge on any atom is -0.315 e. The van der Waals surface area contributed by atoms with Crippen LogP contribution in [0.4, 0.5) is 0 Å². The molecule has 106 valence electrons. The molecule has 0 bridgehead atoms. The standard InChI is InChI=1S/C17H28N2/c1-14(2)19(3)12-11-18-13-16-9-6-8-15-7-4-5-10-17(15)16/h4-5,7,10,14,16,18H,6,8-9,11-13H2,1-3H3. The largest absolute Gasteiger partial charge is 0.315 e. The molecule has 0 saturated heterocycles. The van der Waals surface area contributed by atoms with E-state index in [4.69, 9.17) is 0 Å². The van der Waals surface area contributed by atoms with Crippen molar-refractivity contribution in [1.29, 1.82) is 0 Å². The molecule has 0 amide bonds. The van der Waals surface area contributed by atoms with Gasteiger partial charge in [0.15, 0.2) is 0 Å². The van der Waals surface area contributed by atoms with Crippen LogP contribution in [0.15, 0.2) is 24.3 Å². The zero-order valence-corrected chi connectivity index (χ0v) is 12.7. The van der Waals surface area contributed by atoms with Gasteiger partial charge in [0, 0.05) is 25.7 Å². The fourth-order valence-electron chi connectivity index (χ4n) is 2.86. The van der Waals surface area contributed by atoms with Crippen LogP contribution in [0.1, 0.15) is 43.7 Å². The molecule has 2 heteroatoms. The van der Waals surface area contributed by atoms with Crippen LogP contribution in [0.5, 0.6) is 0 Å². The van der Waals surface area contributed by atoms with Crippen LogP contribution in [-0.4, -0.2) is 37.6 Å². The lowest BCUT2D eigenvalue weighted by Crippen LogP contribution is -2.35. The van der Waals surface area contributed by atoms with Crippen LogP contribution in [0.25, 0.3) is 0 Å². The van der Waals surface area contributed by atoms with Gasteiger partial charge < -0.3 is 10.2 Å². The summed E-state index contributed by atoms with van der Waals surface area (Å²) in [4.78, 5) is 2.39. The zero-order chi connectivity index (χ0) is 13.7. The minimum absolute atomic E-state index is 0.636. The molecule has 1 aliphatic rings. The SMILES string of the molecule is CC(C)N(C)CCNCC1CCCc2ccccc21. The topological polar surface area (TPSA) is 15.3 Å². The van der Waals surface area contributed by atoms with Gasteiger partial charge in [-0.1, -0.05) is 24.3 Å². The van der Waals surface area contributed by atoms with Crippen LogP contribution in [0, 0.1) is 0 Å². The first-order chi connectivity index (χ1) is 9.18. The molecule has 1 atom stereocenters. The third-order valence-corrected chi connectivity index (χ3v) is 4.41.